The smallest absolute Gasteiger partial charge is 0.195 e. The maximum absolute atomic E-state index is 12.8. The number of carbonyl (C=O) groups is 2. The third-order valence-corrected chi connectivity index (χ3v) is 3.96. The summed E-state index contributed by atoms with van der Waals surface area (Å²) in [5, 5.41) is 1.54. The largest absolute Gasteiger partial charge is 0.289 e. The topological polar surface area (TPSA) is 34.1 Å². The SMILES string of the molecule is [B]c1cc2c(c3ccccc13)C(=O)c1ccccc1C2=O. The van der Waals surface area contributed by atoms with Crippen LogP contribution in [0, 0.1) is 0 Å². The molecule has 21 heavy (non-hydrogen) atoms. The van der Waals surface area contributed by atoms with Crippen LogP contribution < -0.4 is 5.46 Å². The fraction of sp³-hybridized carbons (Fsp3) is 0. The van der Waals surface area contributed by atoms with Crippen molar-refractivity contribution in [2.24, 2.45) is 0 Å². The number of ketones is 2. The number of fused-ring (bicyclic) bond motifs is 4. The molecule has 0 spiro atoms. The maximum Gasteiger partial charge on any atom is 0.195 e. The van der Waals surface area contributed by atoms with Gasteiger partial charge < -0.3 is 0 Å². The van der Waals surface area contributed by atoms with E-state index in [4.69, 9.17) is 7.85 Å². The Labute approximate surface area is 122 Å². The summed E-state index contributed by atoms with van der Waals surface area (Å²) in [6.45, 7) is 0. The van der Waals surface area contributed by atoms with Crippen LogP contribution in [0.2, 0.25) is 0 Å². The molecule has 0 saturated carbocycles. The first-order valence-corrected chi connectivity index (χ1v) is 6.68. The molecule has 4 rings (SSSR count). The van der Waals surface area contributed by atoms with Gasteiger partial charge in [-0.2, -0.15) is 0 Å². The Balaban J connectivity index is 2.17. The van der Waals surface area contributed by atoms with Crippen LogP contribution >= 0.6 is 0 Å². The molecule has 1 aliphatic rings. The normalized spacial score (nSPS) is 13.1. The van der Waals surface area contributed by atoms with Gasteiger partial charge in [-0.15, -0.1) is 0 Å². The monoisotopic (exact) mass is 268 g/mol. The fourth-order valence-electron chi connectivity index (χ4n) is 2.99. The summed E-state index contributed by atoms with van der Waals surface area (Å²) >= 11 is 0. The van der Waals surface area contributed by atoms with E-state index in [1.54, 1.807) is 30.3 Å². The highest BCUT2D eigenvalue weighted by molar-refractivity contribution is 6.42. The summed E-state index contributed by atoms with van der Waals surface area (Å²) in [5.41, 5.74) is 2.29. The van der Waals surface area contributed by atoms with Gasteiger partial charge in [-0.3, -0.25) is 9.59 Å². The Hall–Kier alpha value is -2.68. The molecule has 1 aliphatic carbocycles. The van der Waals surface area contributed by atoms with Crippen molar-refractivity contribution in [3.63, 3.8) is 0 Å². The minimum absolute atomic E-state index is 0.114. The van der Waals surface area contributed by atoms with E-state index >= 15 is 0 Å². The number of benzene rings is 3. The van der Waals surface area contributed by atoms with E-state index in [9.17, 15) is 9.59 Å². The molecule has 0 N–H and O–H groups in total. The van der Waals surface area contributed by atoms with Crippen molar-refractivity contribution in [1.82, 2.24) is 0 Å². The molecular weight excluding hydrogens is 259 g/mol. The molecule has 0 amide bonds. The van der Waals surface area contributed by atoms with Crippen LogP contribution in [0.3, 0.4) is 0 Å². The zero-order valence-corrected chi connectivity index (χ0v) is 11.1. The Morgan fingerprint density at radius 3 is 1.95 bits per heavy atom. The number of hydrogen-bond acceptors (Lipinski definition) is 2. The summed E-state index contributed by atoms with van der Waals surface area (Å²) in [5.74, 6) is -0.256. The molecule has 0 saturated heterocycles. The van der Waals surface area contributed by atoms with Gasteiger partial charge in [0.05, 0.1) is 0 Å². The summed E-state index contributed by atoms with van der Waals surface area (Å²) < 4.78 is 0. The second-order valence-electron chi connectivity index (χ2n) is 5.14. The fourth-order valence-corrected chi connectivity index (χ4v) is 2.99. The predicted octanol–water partition coefficient (Wildman–Crippen LogP) is 2.41. The van der Waals surface area contributed by atoms with E-state index in [0.717, 1.165) is 10.8 Å². The first kappa shape index (κ1) is 12.1. The molecule has 0 bridgehead atoms. The lowest BCUT2D eigenvalue weighted by molar-refractivity contribution is 0.0980. The number of rotatable bonds is 0. The third kappa shape index (κ3) is 1.54. The molecule has 0 fully saturated rings. The van der Waals surface area contributed by atoms with E-state index in [1.165, 1.54) is 0 Å². The minimum Gasteiger partial charge on any atom is -0.289 e. The Bertz CT molecular complexity index is 941. The average Bonchev–Trinajstić information content (AvgIpc) is 2.53. The van der Waals surface area contributed by atoms with Crippen LogP contribution in [0.4, 0.5) is 0 Å². The average molecular weight is 268 g/mol. The molecule has 0 aromatic heterocycles. The molecule has 0 aliphatic heterocycles. The van der Waals surface area contributed by atoms with Gasteiger partial charge in [0.2, 0.25) is 0 Å². The standard InChI is InChI=1S/C18H9BO2/c19-15-9-14-16(11-6-2-1-5-10(11)15)18(21)13-8-4-3-7-12(13)17(14)20/h1-9H. The second kappa shape index (κ2) is 4.16. The summed E-state index contributed by atoms with van der Waals surface area (Å²) in [7, 11) is 6.04. The summed E-state index contributed by atoms with van der Waals surface area (Å²) in [6, 6.07) is 16.0. The zero-order chi connectivity index (χ0) is 14.6. The van der Waals surface area contributed by atoms with E-state index in [1.807, 2.05) is 24.3 Å². The van der Waals surface area contributed by atoms with Crippen LogP contribution in [0.1, 0.15) is 31.8 Å². The van der Waals surface area contributed by atoms with Gasteiger partial charge in [-0.1, -0.05) is 60.1 Å². The summed E-state index contributed by atoms with van der Waals surface area (Å²) in [6.07, 6.45) is 0. The zero-order valence-electron chi connectivity index (χ0n) is 11.1. The van der Waals surface area contributed by atoms with E-state index < -0.39 is 0 Å². The maximum atomic E-state index is 12.8. The van der Waals surface area contributed by atoms with Gasteiger partial charge >= 0.3 is 0 Å². The van der Waals surface area contributed by atoms with Crippen molar-refractivity contribution in [2.75, 3.05) is 0 Å². The van der Waals surface area contributed by atoms with E-state index in [2.05, 4.69) is 0 Å². The highest BCUT2D eigenvalue weighted by atomic mass is 16.1. The van der Waals surface area contributed by atoms with Crippen molar-refractivity contribution >= 4 is 35.6 Å². The predicted molar refractivity (Wildman–Crippen MR) is 82.6 cm³/mol. The molecular formula is C18H9BO2. The quantitative estimate of drug-likeness (QED) is 0.459. The minimum atomic E-state index is -0.141. The van der Waals surface area contributed by atoms with Crippen LogP contribution in [-0.2, 0) is 0 Å². The van der Waals surface area contributed by atoms with Crippen molar-refractivity contribution in [2.45, 2.75) is 0 Å². The molecule has 3 aromatic rings. The van der Waals surface area contributed by atoms with E-state index in [0.29, 0.717) is 27.7 Å². The van der Waals surface area contributed by atoms with Crippen LogP contribution in [0.15, 0.2) is 54.6 Å². The molecule has 2 nitrogen and oxygen atoms in total. The number of hydrogen-bond donors (Lipinski definition) is 0. The molecule has 0 atom stereocenters. The van der Waals surface area contributed by atoms with Crippen LogP contribution in [0.25, 0.3) is 10.8 Å². The molecule has 96 valence electrons. The lowest BCUT2D eigenvalue weighted by Crippen LogP contribution is -2.24. The Morgan fingerprint density at radius 1 is 0.667 bits per heavy atom. The Kier molecular flexibility index (Phi) is 2.39. The molecule has 0 heterocycles. The lowest BCUT2D eigenvalue weighted by atomic mass is 9.77. The molecule has 0 unspecified atom stereocenters. The molecule has 3 aromatic carbocycles. The van der Waals surface area contributed by atoms with Gasteiger partial charge in [0, 0.05) is 22.3 Å². The van der Waals surface area contributed by atoms with Crippen molar-refractivity contribution in [1.29, 1.82) is 0 Å². The van der Waals surface area contributed by atoms with Gasteiger partial charge in [0.15, 0.2) is 11.6 Å². The summed E-state index contributed by atoms with van der Waals surface area (Å²) in [4.78, 5) is 25.4. The Morgan fingerprint density at radius 2 is 1.24 bits per heavy atom. The van der Waals surface area contributed by atoms with Gasteiger partial charge in [0.25, 0.3) is 0 Å². The van der Waals surface area contributed by atoms with Crippen molar-refractivity contribution in [3.8, 4) is 0 Å². The van der Waals surface area contributed by atoms with Gasteiger partial charge in [-0.25, -0.2) is 0 Å². The van der Waals surface area contributed by atoms with Crippen molar-refractivity contribution in [3.05, 3.63) is 76.9 Å². The van der Waals surface area contributed by atoms with Crippen LogP contribution in [0.5, 0.6) is 0 Å². The highest BCUT2D eigenvalue weighted by Gasteiger charge is 2.31. The van der Waals surface area contributed by atoms with Crippen molar-refractivity contribution < 1.29 is 9.59 Å². The van der Waals surface area contributed by atoms with Gasteiger partial charge in [-0.05, 0) is 10.8 Å². The second-order valence-corrected chi connectivity index (χ2v) is 5.14. The molecule has 3 heteroatoms. The lowest BCUT2D eigenvalue weighted by Gasteiger charge is -2.20. The van der Waals surface area contributed by atoms with Crippen LogP contribution in [-0.4, -0.2) is 19.4 Å². The first-order chi connectivity index (χ1) is 10.2. The first-order valence-electron chi connectivity index (χ1n) is 6.68. The molecule has 2 radical (unpaired) electrons. The van der Waals surface area contributed by atoms with E-state index in [-0.39, 0.29) is 11.6 Å². The number of carbonyl (C=O) groups excluding carboxylic acids is 2. The highest BCUT2D eigenvalue weighted by Crippen LogP contribution is 2.31. The van der Waals surface area contributed by atoms with Gasteiger partial charge in [0.1, 0.15) is 7.85 Å². The third-order valence-electron chi connectivity index (χ3n) is 3.96.